The lowest BCUT2D eigenvalue weighted by Crippen LogP contribution is -2.48. The molecule has 2 aliphatic heterocycles. The fraction of sp³-hybridized carbons (Fsp3) is 0.500. The number of hydrogen-bond donors (Lipinski definition) is 1. The van der Waals surface area contributed by atoms with Crippen LogP contribution in [0.2, 0.25) is 0 Å². The summed E-state index contributed by atoms with van der Waals surface area (Å²) in [5.41, 5.74) is 2.12. The number of methoxy groups -OCH3 is 1. The van der Waals surface area contributed by atoms with E-state index >= 15 is 0 Å². The Labute approximate surface area is 203 Å². The molecule has 4 rings (SSSR count). The first-order chi connectivity index (χ1) is 16.4. The number of ether oxygens (including phenoxy) is 1. The molecule has 0 saturated carbocycles. The average molecular weight is 486 g/mol. The van der Waals surface area contributed by atoms with E-state index in [1.807, 2.05) is 31.2 Å². The lowest BCUT2D eigenvalue weighted by atomic mass is 10.0. The van der Waals surface area contributed by atoms with Crippen molar-refractivity contribution in [2.24, 2.45) is 0 Å². The van der Waals surface area contributed by atoms with Gasteiger partial charge >= 0.3 is 0 Å². The second-order valence-corrected chi connectivity index (χ2v) is 11.1. The summed E-state index contributed by atoms with van der Waals surface area (Å²) >= 11 is 0. The van der Waals surface area contributed by atoms with Gasteiger partial charge in [-0.05, 0) is 75.5 Å². The highest BCUT2D eigenvalue weighted by molar-refractivity contribution is 7.89. The summed E-state index contributed by atoms with van der Waals surface area (Å²) in [6.07, 6.45) is 4.73. The second-order valence-electron chi connectivity index (χ2n) is 9.22. The maximum atomic E-state index is 13.3. The molecule has 2 fully saturated rings. The molecule has 1 amide bonds. The van der Waals surface area contributed by atoms with E-state index in [0.29, 0.717) is 25.9 Å². The van der Waals surface area contributed by atoms with Gasteiger partial charge in [-0.25, -0.2) is 8.42 Å². The SMILES string of the molecule is COc1ccc(C(CNC(=O)C2CCCN2S(=O)(=O)c2ccc(C)cc2)N2CCCCC2)cc1. The van der Waals surface area contributed by atoms with Crippen LogP contribution in [0.5, 0.6) is 5.75 Å². The Kier molecular flexibility index (Phi) is 7.91. The zero-order valence-corrected chi connectivity index (χ0v) is 20.9. The van der Waals surface area contributed by atoms with Crippen LogP contribution < -0.4 is 10.1 Å². The Hall–Kier alpha value is -2.42. The molecule has 2 aliphatic rings. The van der Waals surface area contributed by atoms with Crippen LogP contribution in [-0.2, 0) is 14.8 Å². The molecule has 2 aromatic rings. The third kappa shape index (κ3) is 5.45. The Bertz CT molecular complexity index is 1060. The number of piperidine rings is 1. The molecule has 2 unspecified atom stereocenters. The monoisotopic (exact) mass is 485 g/mol. The maximum absolute atomic E-state index is 13.3. The third-order valence-corrected chi connectivity index (χ3v) is 8.86. The standard InChI is InChI=1S/C26H35N3O4S/c1-20-8-14-23(15-9-20)34(31,32)29-18-6-7-24(29)26(30)27-19-25(28-16-4-3-5-17-28)21-10-12-22(33-2)13-11-21/h8-15,24-25H,3-7,16-19H2,1-2H3,(H,27,30). The minimum atomic E-state index is -3.72. The zero-order valence-electron chi connectivity index (χ0n) is 20.1. The first-order valence-electron chi connectivity index (χ1n) is 12.1. The first-order valence-corrected chi connectivity index (χ1v) is 13.6. The van der Waals surface area contributed by atoms with Crippen LogP contribution in [0.25, 0.3) is 0 Å². The Morgan fingerprint density at radius 2 is 1.68 bits per heavy atom. The minimum Gasteiger partial charge on any atom is -0.497 e. The van der Waals surface area contributed by atoms with Gasteiger partial charge < -0.3 is 10.1 Å². The van der Waals surface area contributed by atoms with Crippen LogP contribution in [0.1, 0.15) is 49.3 Å². The van der Waals surface area contributed by atoms with Crippen molar-refractivity contribution >= 4 is 15.9 Å². The quantitative estimate of drug-likeness (QED) is 0.619. The molecular formula is C26H35N3O4S. The Morgan fingerprint density at radius 1 is 1.00 bits per heavy atom. The molecule has 184 valence electrons. The topological polar surface area (TPSA) is 79.0 Å². The summed E-state index contributed by atoms with van der Waals surface area (Å²) in [4.78, 5) is 15.9. The summed E-state index contributed by atoms with van der Waals surface area (Å²) in [5.74, 6) is 0.580. The summed E-state index contributed by atoms with van der Waals surface area (Å²) in [7, 11) is -2.07. The molecule has 8 heteroatoms. The summed E-state index contributed by atoms with van der Waals surface area (Å²) < 4.78 is 33.2. The van der Waals surface area contributed by atoms with Gasteiger partial charge in [0.1, 0.15) is 11.8 Å². The van der Waals surface area contributed by atoms with E-state index in [1.165, 1.54) is 10.7 Å². The van der Waals surface area contributed by atoms with Gasteiger partial charge in [-0.15, -0.1) is 0 Å². The van der Waals surface area contributed by atoms with Gasteiger partial charge in [0.15, 0.2) is 0 Å². The van der Waals surface area contributed by atoms with Crippen molar-refractivity contribution in [2.75, 3.05) is 33.3 Å². The zero-order chi connectivity index (χ0) is 24.1. The van der Waals surface area contributed by atoms with Gasteiger partial charge in [0.2, 0.25) is 15.9 Å². The van der Waals surface area contributed by atoms with E-state index in [0.717, 1.165) is 42.8 Å². The normalized spacial score (nSPS) is 20.7. The number of aryl methyl sites for hydroxylation is 1. The molecule has 2 atom stereocenters. The molecule has 1 N–H and O–H groups in total. The molecule has 0 bridgehead atoms. The number of nitrogens with one attached hydrogen (secondary N) is 1. The molecule has 2 heterocycles. The van der Waals surface area contributed by atoms with Crippen LogP contribution in [0, 0.1) is 6.92 Å². The predicted octanol–water partition coefficient (Wildman–Crippen LogP) is 3.50. The second kappa shape index (κ2) is 10.9. The van der Waals surface area contributed by atoms with E-state index < -0.39 is 16.1 Å². The molecule has 0 spiro atoms. The number of amides is 1. The van der Waals surface area contributed by atoms with Crippen molar-refractivity contribution in [3.8, 4) is 5.75 Å². The molecule has 0 aromatic heterocycles. The van der Waals surface area contributed by atoms with Gasteiger partial charge in [-0.1, -0.05) is 36.2 Å². The molecule has 2 aromatic carbocycles. The fourth-order valence-corrected chi connectivity index (χ4v) is 6.62. The number of carbonyl (C=O) groups excluding carboxylic acids is 1. The van der Waals surface area contributed by atoms with E-state index in [1.54, 1.807) is 31.4 Å². The van der Waals surface area contributed by atoms with Gasteiger partial charge in [-0.3, -0.25) is 9.69 Å². The van der Waals surface area contributed by atoms with E-state index in [9.17, 15) is 13.2 Å². The average Bonchev–Trinajstić information content (AvgIpc) is 3.37. The van der Waals surface area contributed by atoms with Crippen LogP contribution in [0.4, 0.5) is 0 Å². The number of carbonyl (C=O) groups is 1. The smallest absolute Gasteiger partial charge is 0.243 e. The van der Waals surface area contributed by atoms with E-state index in [-0.39, 0.29) is 16.8 Å². The molecule has 2 saturated heterocycles. The number of benzene rings is 2. The largest absolute Gasteiger partial charge is 0.497 e. The Balaban J connectivity index is 1.48. The van der Waals surface area contributed by atoms with E-state index in [2.05, 4.69) is 10.2 Å². The van der Waals surface area contributed by atoms with Crippen molar-refractivity contribution in [1.82, 2.24) is 14.5 Å². The third-order valence-electron chi connectivity index (χ3n) is 6.94. The van der Waals surface area contributed by atoms with Gasteiger partial charge in [0.05, 0.1) is 18.0 Å². The molecule has 7 nitrogen and oxygen atoms in total. The number of rotatable bonds is 8. The maximum Gasteiger partial charge on any atom is 0.243 e. The number of likely N-dealkylation sites (tertiary alicyclic amines) is 1. The number of sulfonamides is 1. The summed E-state index contributed by atoms with van der Waals surface area (Å²) in [6.45, 7) is 4.71. The highest BCUT2D eigenvalue weighted by atomic mass is 32.2. The minimum absolute atomic E-state index is 0.0405. The van der Waals surface area contributed by atoms with Crippen molar-refractivity contribution in [1.29, 1.82) is 0 Å². The summed E-state index contributed by atoms with van der Waals surface area (Å²) in [5, 5.41) is 3.09. The van der Waals surface area contributed by atoms with Crippen LogP contribution in [0.3, 0.4) is 0 Å². The van der Waals surface area contributed by atoms with Crippen molar-refractivity contribution in [3.05, 3.63) is 59.7 Å². The first kappa shape index (κ1) is 24.7. The van der Waals surface area contributed by atoms with E-state index in [4.69, 9.17) is 4.74 Å². The van der Waals surface area contributed by atoms with Crippen molar-refractivity contribution < 1.29 is 17.9 Å². The van der Waals surface area contributed by atoms with Gasteiger partial charge in [0.25, 0.3) is 0 Å². The van der Waals surface area contributed by atoms with Crippen LogP contribution in [-0.4, -0.2) is 62.9 Å². The highest BCUT2D eigenvalue weighted by Gasteiger charge is 2.39. The van der Waals surface area contributed by atoms with Gasteiger partial charge in [-0.2, -0.15) is 4.31 Å². The molecular weight excluding hydrogens is 450 g/mol. The van der Waals surface area contributed by atoms with Crippen molar-refractivity contribution in [2.45, 2.75) is 56.0 Å². The van der Waals surface area contributed by atoms with Crippen molar-refractivity contribution in [3.63, 3.8) is 0 Å². The predicted molar refractivity (Wildman–Crippen MR) is 132 cm³/mol. The number of hydrogen-bond acceptors (Lipinski definition) is 5. The molecule has 0 radical (unpaired) electrons. The molecule has 34 heavy (non-hydrogen) atoms. The van der Waals surface area contributed by atoms with Crippen LogP contribution in [0.15, 0.2) is 53.4 Å². The Morgan fingerprint density at radius 3 is 2.32 bits per heavy atom. The van der Waals surface area contributed by atoms with Gasteiger partial charge in [0, 0.05) is 13.1 Å². The molecule has 0 aliphatic carbocycles. The lowest BCUT2D eigenvalue weighted by Gasteiger charge is -2.35. The summed E-state index contributed by atoms with van der Waals surface area (Å²) in [6, 6.07) is 14.2. The highest BCUT2D eigenvalue weighted by Crippen LogP contribution is 2.28. The van der Waals surface area contributed by atoms with Crippen LogP contribution >= 0.6 is 0 Å². The number of nitrogens with zero attached hydrogens (tertiary/aromatic N) is 2. The lowest BCUT2D eigenvalue weighted by molar-refractivity contribution is -0.124. The fourth-order valence-electron chi connectivity index (χ4n) is 4.96.